The Morgan fingerprint density at radius 2 is 2.11 bits per heavy atom. The molecule has 4 N–H and O–H groups in total. The molecule has 0 unspecified atom stereocenters. The van der Waals surface area contributed by atoms with E-state index in [-0.39, 0.29) is 24.3 Å². The second-order valence-corrected chi connectivity index (χ2v) is 6.72. The molecule has 7 heteroatoms. The van der Waals surface area contributed by atoms with Crippen LogP contribution in [0, 0.1) is 11.2 Å². The van der Waals surface area contributed by atoms with Crippen molar-refractivity contribution in [2.24, 2.45) is 5.41 Å². The molecule has 0 radical (unpaired) electrons. The Kier molecular flexibility index (Phi) is 3.80. The van der Waals surface area contributed by atoms with Gasteiger partial charge in [0.15, 0.2) is 0 Å². The van der Waals surface area contributed by atoms with Gasteiger partial charge in [0, 0.05) is 18.8 Å². The second kappa shape index (κ2) is 5.07. The summed E-state index contributed by atoms with van der Waals surface area (Å²) in [5, 5.41) is 8.91. The molecule has 1 aliphatic rings. The number of hydrogen-bond donors (Lipinski definition) is 3. The predicted octanol–water partition coefficient (Wildman–Crippen LogP) is 0.849. The first kappa shape index (κ1) is 14.2. The number of anilines is 1. The molecule has 0 heterocycles. The summed E-state index contributed by atoms with van der Waals surface area (Å²) in [4.78, 5) is -0.401. The molecular formula is C12H17FN2O3S. The molecule has 0 bridgehead atoms. The van der Waals surface area contributed by atoms with Gasteiger partial charge in [-0.3, -0.25) is 0 Å². The van der Waals surface area contributed by atoms with Crippen molar-refractivity contribution in [2.45, 2.75) is 24.2 Å². The van der Waals surface area contributed by atoms with Gasteiger partial charge in [0.1, 0.15) is 10.7 Å². The summed E-state index contributed by atoms with van der Waals surface area (Å²) < 4.78 is 40.0. The zero-order chi connectivity index (χ0) is 14.1. The highest BCUT2D eigenvalue weighted by Gasteiger charge is 2.42. The third kappa shape index (κ3) is 3.23. The fourth-order valence-electron chi connectivity index (χ4n) is 1.99. The van der Waals surface area contributed by atoms with Crippen LogP contribution in [0.15, 0.2) is 23.1 Å². The van der Waals surface area contributed by atoms with Gasteiger partial charge in [0.05, 0.1) is 0 Å². The smallest absolute Gasteiger partial charge is 0.243 e. The molecule has 1 aliphatic carbocycles. The maximum atomic E-state index is 13.6. The molecule has 1 fully saturated rings. The molecule has 106 valence electrons. The van der Waals surface area contributed by atoms with E-state index in [9.17, 15) is 12.8 Å². The lowest BCUT2D eigenvalue weighted by Crippen LogP contribution is -2.31. The van der Waals surface area contributed by atoms with E-state index in [0.717, 1.165) is 25.0 Å². The van der Waals surface area contributed by atoms with E-state index in [0.29, 0.717) is 6.42 Å². The van der Waals surface area contributed by atoms with Gasteiger partial charge >= 0.3 is 0 Å². The lowest BCUT2D eigenvalue weighted by atomic mass is 10.0. The van der Waals surface area contributed by atoms with E-state index >= 15 is 0 Å². The van der Waals surface area contributed by atoms with Crippen molar-refractivity contribution in [3.05, 3.63) is 24.0 Å². The first-order chi connectivity index (χ1) is 8.88. The fourth-order valence-corrected chi connectivity index (χ4v) is 3.20. The molecule has 19 heavy (non-hydrogen) atoms. The highest BCUT2D eigenvalue weighted by atomic mass is 32.2. The van der Waals surface area contributed by atoms with Gasteiger partial charge in [0.2, 0.25) is 10.0 Å². The number of rotatable bonds is 6. The van der Waals surface area contributed by atoms with Gasteiger partial charge in [0.25, 0.3) is 0 Å². The molecular weight excluding hydrogens is 271 g/mol. The maximum Gasteiger partial charge on any atom is 0.243 e. The molecule has 1 saturated carbocycles. The summed E-state index contributed by atoms with van der Waals surface area (Å²) in [6.07, 6.45) is 2.31. The third-order valence-electron chi connectivity index (χ3n) is 3.48. The topological polar surface area (TPSA) is 92.4 Å². The van der Waals surface area contributed by atoms with Gasteiger partial charge in [-0.15, -0.1) is 0 Å². The molecule has 5 nitrogen and oxygen atoms in total. The Morgan fingerprint density at radius 1 is 1.42 bits per heavy atom. The third-order valence-corrected chi connectivity index (χ3v) is 4.92. The highest BCUT2D eigenvalue weighted by Crippen LogP contribution is 2.48. The van der Waals surface area contributed by atoms with Crippen LogP contribution in [-0.2, 0) is 10.0 Å². The number of benzene rings is 1. The van der Waals surface area contributed by atoms with Crippen LogP contribution >= 0.6 is 0 Å². The van der Waals surface area contributed by atoms with E-state index in [1.165, 1.54) is 6.07 Å². The van der Waals surface area contributed by atoms with Crippen molar-refractivity contribution in [3.63, 3.8) is 0 Å². The van der Waals surface area contributed by atoms with Crippen molar-refractivity contribution in [1.82, 2.24) is 4.72 Å². The quantitative estimate of drug-likeness (QED) is 0.677. The Morgan fingerprint density at radius 3 is 2.63 bits per heavy atom. The molecule has 2 rings (SSSR count). The Bertz CT molecular complexity index is 570. The number of nitrogens with two attached hydrogens (primary N) is 1. The van der Waals surface area contributed by atoms with Crippen LogP contribution in [0.25, 0.3) is 0 Å². The standard InChI is InChI=1S/C12H17FN2O3S/c13-10-7-9(14)1-2-11(10)19(17,18)15-8-12(3-4-12)5-6-16/h1-2,7,15-16H,3-6,8,14H2. The minimum Gasteiger partial charge on any atom is -0.399 e. The number of nitrogens with one attached hydrogen (secondary N) is 1. The van der Waals surface area contributed by atoms with Gasteiger partial charge in [-0.25, -0.2) is 17.5 Å². The monoisotopic (exact) mass is 288 g/mol. The lowest BCUT2D eigenvalue weighted by Gasteiger charge is -2.15. The van der Waals surface area contributed by atoms with Gasteiger partial charge < -0.3 is 10.8 Å². The SMILES string of the molecule is Nc1ccc(S(=O)(=O)NCC2(CCO)CC2)c(F)c1. The maximum absolute atomic E-state index is 13.6. The van der Waals surface area contributed by atoms with Crippen molar-refractivity contribution >= 4 is 15.7 Å². The summed E-state index contributed by atoms with van der Waals surface area (Å²) >= 11 is 0. The number of halogens is 1. The first-order valence-electron chi connectivity index (χ1n) is 6.04. The van der Waals surface area contributed by atoms with Crippen molar-refractivity contribution < 1.29 is 17.9 Å². The van der Waals surface area contributed by atoms with Crippen LogP contribution < -0.4 is 10.5 Å². The number of sulfonamides is 1. The number of aliphatic hydroxyl groups excluding tert-OH is 1. The fraction of sp³-hybridized carbons (Fsp3) is 0.500. The second-order valence-electron chi connectivity index (χ2n) is 4.99. The molecule has 0 atom stereocenters. The minimum atomic E-state index is -3.88. The Balaban J connectivity index is 2.10. The average Bonchev–Trinajstić information content (AvgIpc) is 3.07. The summed E-state index contributed by atoms with van der Waals surface area (Å²) in [7, 11) is -3.88. The van der Waals surface area contributed by atoms with Crippen molar-refractivity contribution in [2.75, 3.05) is 18.9 Å². The molecule has 0 amide bonds. The number of hydrogen-bond acceptors (Lipinski definition) is 4. The zero-order valence-electron chi connectivity index (χ0n) is 10.4. The number of nitrogen functional groups attached to an aromatic ring is 1. The molecule has 0 saturated heterocycles. The highest BCUT2D eigenvalue weighted by molar-refractivity contribution is 7.89. The largest absolute Gasteiger partial charge is 0.399 e. The summed E-state index contributed by atoms with van der Waals surface area (Å²) in [6.45, 7) is 0.248. The van der Waals surface area contributed by atoms with E-state index in [1.54, 1.807) is 0 Å². The summed E-state index contributed by atoms with van der Waals surface area (Å²) in [6, 6.07) is 3.48. The van der Waals surface area contributed by atoms with Crippen LogP contribution in [0.1, 0.15) is 19.3 Å². The van der Waals surface area contributed by atoms with E-state index in [4.69, 9.17) is 10.8 Å². The van der Waals surface area contributed by atoms with Crippen LogP contribution in [0.5, 0.6) is 0 Å². The Labute approximate surface area is 111 Å². The van der Waals surface area contributed by atoms with E-state index in [1.807, 2.05) is 0 Å². The first-order valence-corrected chi connectivity index (χ1v) is 7.52. The van der Waals surface area contributed by atoms with E-state index in [2.05, 4.69) is 4.72 Å². The van der Waals surface area contributed by atoms with Crippen molar-refractivity contribution in [3.8, 4) is 0 Å². The van der Waals surface area contributed by atoms with E-state index < -0.39 is 20.7 Å². The lowest BCUT2D eigenvalue weighted by molar-refractivity contribution is 0.249. The van der Waals surface area contributed by atoms with Gasteiger partial charge in [-0.2, -0.15) is 0 Å². The molecule has 1 aromatic rings. The van der Waals surface area contributed by atoms with Gasteiger partial charge in [-0.1, -0.05) is 0 Å². The predicted molar refractivity (Wildman–Crippen MR) is 69.4 cm³/mol. The average molecular weight is 288 g/mol. The molecule has 1 aromatic carbocycles. The molecule has 0 aliphatic heterocycles. The zero-order valence-corrected chi connectivity index (χ0v) is 11.2. The van der Waals surface area contributed by atoms with Crippen LogP contribution in [0.2, 0.25) is 0 Å². The Hall–Kier alpha value is -1.18. The van der Waals surface area contributed by atoms with Crippen LogP contribution in [-0.4, -0.2) is 26.7 Å². The van der Waals surface area contributed by atoms with Crippen LogP contribution in [0.4, 0.5) is 10.1 Å². The summed E-state index contributed by atoms with van der Waals surface area (Å²) in [5.74, 6) is -0.862. The molecule has 0 spiro atoms. The number of aliphatic hydroxyl groups is 1. The van der Waals surface area contributed by atoms with Crippen LogP contribution in [0.3, 0.4) is 0 Å². The van der Waals surface area contributed by atoms with Crippen molar-refractivity contribution in [1.29, 1.82) is 0 Å². The summed E-state index contributed by atoms with van der Waals surface area (Å²) in [5.41, 5.74) is 5.40. The normalized spacial score (nSPS) is 17.4. The van der Waals surface area contributed by atoms with Gasteiger partial charge in [-0.05, 0) is 42.9 Å². The molecule has 0 aromatic heterocycles. The minimum absolute atomic E-state index is 0.0258.